The molecule has 0 bridgehead atoms. The summed E-state index contributed by atoms with van der Waals surface area (Å²) in [6, 6.07) is 11.5. The minimum atomic E-state index is -0.0908. The Morgan fingerprint density at radius 1 is 1.15 bits per heavy atom. The number of thiophene rings is 1. The van der Waals surface area contributed by atoms with Crippen molar-refractivity contribution in [2.75, 3.05) is 37.7 Å². The van der Waals surface area contributed by atoms with Gasteiger partial charge in [0, 0.05) is 36.6 Å². The molecular weight excluding hydrogens is 460 g/mol. The summed E-state index contributed by atoms with van der Waals surface area (Å²) in [4.78, 5) is 27.8. The first-order chi connectivity index (χ1) is 16.0. The molecule has 0 unspecified atom stereocenters. The third-order valence-corrected chi connectivity index (χ3v) is 6.90. The molecule has 5 rings (SSSR count). The van der Waals surface area contributed by atoms with E-state index in [1.807, 2.05) is 24.0 Å². The number of benzene rings is 1. The number of carbonyl (C=O) groups excluding carboxylic acids is 1. The highest BCUT2D eigenvalue weighted by Gasteiger charge is 2.27. The molecule has 3 aromatic heterocycles. The van der Waals surface area contributed by atoms with Gasteiger partial charge < -0.3 is 19.0 Å². The molecule has 1 aliphatic rings. The summed E-state index contributed by atoms with van der Waals surface area (Å²) in [6.07, 6.45) is 1.52. The number of halogens is 1. The van der Waals surface area contributed by atoms with Crippen LogP contribution in [0.4, 0.5) is 5.82 Å². The first kappa shape index (κ1) is 21.7. The molecule has 1 saturated heterocycles. The highest BCUT2D eigenvalue weighted by atomic mass is 35.5. The number of hydrogen-bond acceptors (Lipinski definition) is 7. The van der Waals surface area contributed by atoms with Crippen molar-refractivity contribution in [3.05, 3.63) is 58.6 Å². The number of anilines is 1. The summed E-state index contributed by atoms with van der Waals surface area (Å²) in [5.74, 6) is 1.92. The highest BCUT2D eigenvalue weighted by Crippen LogP contribution is 2.42. The lowest BCUT2D eigenvalue weighted by molar-refractivity contribution is 0.0714. The fourth-order valence-electron chi connectivity index (χ4n) is 4.21. The van der Waals surface area contributed by atoms with E-state index in [2.05, 4.69) is 33.9 Å². The Labute approximate surface area is 200 Å². The van der Waals surface area contributed by atoms with Crippen molar-refractivity contribution in [1.29, 1.82) is 0 Å². The van der Waals surface area contributed by atoms with Crippen molar-refractivity contribution < 1.29 is 13.9 Å². The lowest BCUT2D eigenvalue weighted by atomic mass is 10.0. The highest BCUT2D eigenvalue weighted by molar-refractivity contribution is 7.19. The van der Waals surface area contributed by atoms with Gasteiger partial charge in [0.15, 0.2) is 5.76 Å². The van der Waals surface area contributed by atoms with Gasteiger partial charge in [0.1, 0.15) is 16.4 Å². The van der Waals surface area contributed by atoms with Crippen LogP contribution in [0, 0.1) is 6.92 Å². The molecule has 33 heavy (non-hydrogen) atoms. The summed E-state index contributed by atoms with van der Waals surface area (Å²) in [6.45, 7) is 7.13. The second-order valence-corrected chi connectivity index (χ2v) is 9.28. The molecule has 7 nitrogen and oxygen atoms in total. The quantitative estimate of drug-likeness (QED) is 0.361. The van der Waals surface area contributed by atoms with Crippen LogP contribution >= 0.6 is 22.9 Å². The first-order valence-electron chi connectivity index (χ1n) is 10.8. The summed E-state index contributed by atoms with van der Waals surface area (Å²) < 4.78 is 10.9. The van der Waals surface area contributed by atoms with Gasteiger partial charge >= 0.3 is 0 Å². The third kappa shape index (κ3) is 4.16. The zero-order valence-electron chi connectivity index (χ0n) is 18.4. The predicted molar refractivity (Wildman–Crippen MR) is 131 cm³/mol. The van der Waals surface area contributed by atoms with Gasteiger partial charge in [0.05, 0.1) is 18.3 Å². The zero-order valence-corrected chi connectivity index (χ0v) is 19.9. The fraction of sp³-hybridized carbons (Fsp3) is 0.292. The van der Waals surface area contributed by atoms with Gasteiger partial charge in [-0.05, 0) is 55.3 Å². The molecule has 0 spiro atoms. The second-order valence-electron chi connectivity index (χ2n) is 7.74. The molecule has 0 atom stereocenters. The van der Waals surface area contributed by atoms with Crippen molar-refractivity contribution in [3.63, 3.8) is 0 Å². The van der Waals surface area contributed by atoms with Gasteiger partial charge in [-0.2, -0.15) is 4.98 Å². The SMILES string of the molecule is CCOc1ccc(-c2c(C)sc3nc(Cl)nc(N4CCN(C(=O)c5ccco5)CC4)c23)cc1. The van der Waals surface area contributed by atoms with Crippen molar-refractivity contribution in [2.24, 2.45) is 0 Å². The third-order valence-electron chi connectivity index (χ3n) is 5.73. The van der Waals surface area contributed by atoms with Crippen molar-refractivity contribution >= 4 is 44.9 Å². The topological polar surface area (TPSA) is 71.7 Å². The molecule has 0 radical (unpaired) electrons. The summed E-state index contributed by atoms with van der Waals surface area (Å²) in [5.41, 5.74) is 2.19. The second kappa shape index (κ2) is 9.03. The van der Waals surface area contributed by atoms with Crippen LogP contribution in [0.15, 0.2) is 47.1 Å². The predicted octanol–water partition coefficient (Wildman–Crippen LogP) is 5.27. The molecule has 0 N–H and O–H groups in total. The Bertz CT molecular complexity index is 1280. The molecular formula is C24H23ClN4O3S. The molecule has 4 heterocycles. The zero-order chi connectivity index (χ0) is 22.9. The van der Waals surface area contributed by atoms with Gasteiger partial charge in [-0.3, -0.25) is 4.79 Å². The van der Waals surface area contributed by atoms with Gasteiger partial charge in [0.2, 0.25) is 5.28 Å². The van der Waals surface area contributed by atoms with Crippen molar-refractivity contribution in [3.8, 4) is 16.9 Å². The summed E-state index contributed by atoms with van der Waals surface area (Å²) >= 11 is 7.93. The molecule has 1 amide bonds. The number of aromatic nitrogens is 2. The van der Waals surface area contributed by atoms with Gasteiger partial charge in [-0.1, -0.05) is 12.1 Å². The van der Waals surface area contributed by atoms with Crippen LogP contribution in [-0.4, -0.2) is 53.6 Å². The lowest BCUT2D eigenvalue weighted by Crippen LogP contribution is -2.49. The van der Waals surface area contributed by atoms with E-state index >= 15 is 0 Å². The van der Waals surface area contributed by atoms with Crippen LogP contribution in [0.5, 0.6) is 5.75 Å². The summed E-state index contributed by atoms with van der Waals surface area (Å²) in [7, 11) is 0. The van der Waals surface area contributed by atoms with E-state index in [0.717, 1.165) is 37.8 Å². The number of rotatable bonds is 5. The lowest BCUT2D eigenvalue weighted by Gasteiger charge is -2.35. The average Bonchev–Trinajstić information content (AvgIpc) is 3.47. The molecule has 170 valence electrons. The molecule has 9 heteroatoms. The molecule has 0 saturated carbocycles. The summed E-state index contributed by atoms with van der Waals surface area (Å²) in [5, 5.41) is 1.22. The molecule has 1 aromatic carbocycles. The van der Waals surface area contributed by atoms with Crippen molar-refractivity contribution in [1.82, 2.24) is 14.9 Å². The van der Waals surface area contributed by atoms with Crippen molar-refractivity contribution in [2.45, 2.75) is 13.8 Å². The maximum atomic E-state index is 12.6. The largest absolute Gasteiger partial charge is 0.494 e. The maximum absolute atomic E-state index is 12.6. The molecule has 0 aliphatic carbocycles. The van der Waals surface area contributed by atoms with E-state index in [1.165, 1.54) is 6.26 Å². The number of piperazine rings is 1. The van der Waals surface area contributed by atoms with Gasteiger partial charge in [0.25, 0.3) is 5.91 Å². The van der Waals surface area contributed by atoms with Crippen LogP contribution in [0.3, 0.4) is 0 Å². The fourth-order valence-corrected chi connectivity index (χ4v) is 5.46. The number of hydrogen-bond donors (Lipinski definition) is 0. The number of aryl methyl sites for hydroxylation is 1. The monoisotopic (exact) mass is 482 g/mol. The maximum Gasteiger partial charge on any atom is 0.289 e. The Kier molecular flexibility index (Phi) is 5.95. The Hall–Kier alpha value is -3.10. The van der Waals surface area contributed by atoms with E-state index in [4.69, 9.17) is 20.8 Å². The number of fused-ring (bicyclic) bond motifs is 1. The smallest absolute Gasteiger partial charge is 0.289 e. The normalized spacial score (nSPS) is 14.2. The Morgan fingerprint density at radius 3 is 2.58 bits per heavy atom. The average molecular weight is 483 g/mol. The van der Waals surface area contributed by atoms with E-state index in [9.17, 15) is 4.79 Å². The van der Waals surface area contributed by atoms with Gasteiger partial charge in [-0.15, -0.1) is 11.3 Å². The van der Waals surface area contributed by atoms with E-state index in [0.29, 0.717) is 38.5 Å². The minimum absolute atomic E-state index is 0.0908. The standard InChI is InChI=1S/C24H23ClN4O3S/c1-3-31-17-8-6-16(7-9-17)19-15(2)33-22-20(19)21(26-24(25)27-22)28-10-12-29(13-11-28)23(30)18-5-4-14-32-18/h4-9,14H,3,10-13H2,1-2H3. The number of nitrogens with zero attached hydrogens (tertiary/aromatic N) is 4. The van der Waals surface area contributed by atoms with E-state index in [-0.39, 0.29) is 11.2 Å². The van der Waals surface area contributed by atoms with Crippen LogP contribution in [0.25, 0.3) is 21.3 Å². The number of ether oxygens (including phenoxy) is 1. The van der Waals surface area contributed by atoms with Gasteiger partial charge in [-0.25, -0.2) is 4.98 Å². The first-order valence-corrected chi connectivity index (χ1v) is 12.0. The van der Waals surface area contributed by atoms with Crippen LogP contribution < -0.4 is 9.64 Å². The van der Waals surface area contributed by atoms with Crippen LogP contribution in [0.1, 0.15) is 22.4 Å². The molecule has 1 aliphatic heterocycles. The number of carbonyl (C=O) groups is 1. The Balaban J connectivity index is 1.48. The number of furan rings is 1. The van der Waals surface area contributed by atoms with E-state index in [1.54, 1.807) is 23.5 Å². The van der Waals surface area contributed by atoms with E-state index < -0.39 is 0 Å². The van der Waals surface area contributed by atoms with Crippen LogP contribution in [-0.2, 0) is 0 Å². The number of amides is 1. The Morgan fingerprint density at radius 2 is 1.91 bits per heavy atom. The molecule has 4 aromatic rings. The minimum Gasteiger partial charge on any atom is -0.494 e. The van der Waals surface area contributed by atoms with Crippen LogP contribution in [0.2, 0.25) is 5.28 Å². The molecule has 1 fully saturated rings.